The van der Waals surface area contributed by atoms with Crippen LogP contribution in [0.25, 0.3) is 0 Å². The van der Waals surface area contributed by atoms with Crippen LogP contribution in [0.3, 0.4) is 0 Å². The van der Waals surface area contributed by atoms with E-state index >= 15 is 0 Å². The summed E-state index contributed by atoms with van der Waals surface area (Å²) in [5.41, 5.74) is 0.842. The van der Waals surface area contributed by atoms with E-state index in [-0.39, 0.29) is 29.3 Å². The van der Waals surface area contributed by atoms with Crippen LogP contribution in [-0.4, -0.2) is 54.7 Å². The Morgan fingerprint density at radius 2 is 1.86 bits per heavy atom. The molecular weight excluding hydrogens is 386 g/mol. The first-order chi connectivity index (χ1) is 13.0. The number of hydrogen-bond acceptors (Lipinski definition) is 6. The third-order valence-electron chi connectivity index (χ3n) is 4.24. The van der Waals surface area contributed by atoms with Crippen molar-refractivity contribution in [2.75, 3.05) is 20.7 Å². The lowest BCUT2D eigenvalue weighted by molar-refractivity contribution is 0.0525. The van der Waals surface area contributed by atoms with Gasteiger partial charge in [-0.05, 0) is 32.4 Å². The first kappa shape index (κ1) is 21.6. The Kier molecular flexibility index (Phi) is 6.25. The van der Waals surface area contributed by atoms with Crippen LogP contribution in [0, 0.1) is 13.8 Å². The Morgan fingerprint density at radius 1 is 1.21 bits per heavy atom. The van der Waals surface area contributed by atoms with Gasteiger partial charge in [-0.1, -0.05) is 0 Å². The van der Waals surface area contributed by atoms with Crippen LogP contribution in [-0.2, 0) is 21.3 Å². The van der Waals surface area contributed by atoms with Gasteiger partial charge in [0.05, 0.1) is 29.3 Å². The molecule has 0 aliphatic carbocycles. The molecule has 0 saturated carbocycles. The molecule has 2 aromatic rings. The van der Waals surface area contributed by atoms with Crippen molar-refractivity contribution in [3.63, 3.8) is 0 Å². The number of pyridine rings is 1. The molecule has 1 N–H and O–H groups in total. The number of hydrogen-bond donors (Lipinski definition) is 1. The number of nitrogens with zero attached hydrogens (tertiary/aromatic N) is 2. The lowest BCUT2D eigenvalue weighted by Gasteiger charge is -2.13. The summed E-state index contributed by atoms with van der Waals surface area (Å²) < 4.78 is 31.6. The number of carbonyl (C=O) groups is 2. The number of H-pyrrole nitrogens is 1. The number of aryl methyl sites for hydroxylation is 1. The predicted octanol–water partition coefficient (Wildman–Crippen LogP) is 1.10. The number of aromatic amines is 1. The normalized spacial score (nSPS) is 11.6. The monoisotopic (exact) mass is 409 g/mol. The predicted molar refractivity (Wildman–Crippen MR) is 102 cm³/mol. The molecule has 0 unspecified atom stereocenters. The maximum atomic E-state index is 12.7. The molecule has 152 valence electrons. The minimum atomic E-state index is -3.75. The number of carbonyl (C=O) groups excluding carboxylic acids is 2. The molecular formula is C18H23N3O6S. The third-order valence-corrected chi connectivity index (χ3v) is 6.04. The van der Waals surface area contributed by atoms with Gasteiger partial charge in [-0.2, -0.15) is 0 Å². The molecule has 0 saturated heterocycles. The van der Waals surface area contributed by atoms with Crippen molar-refractivity contribution in [1.29, 1.82) is 0 Å². The maximum Gasteiger partial charge on any atom is 0.340 e. The van der Waals surface area contributed by atoms with Crippen LogP contribution in [0.4, 0.5) is 0 Å². The van der Waals surface area contributed by atoms with Crippen molar-refractivity contribution in [2.24, 2.45) is 0 Å². The summed E-state index contributed by atoms with van der Waals surface area (Å²) in [6, 6.07) is 2.29. The minimum absolute atomic E-state index is 0.100. The van der Waals surface area contributed by atoms with Gasteiger partial charge < -0.3 is 14.3 Å². The van der Waals surface area contributed by atoms with Crippen LogP contribution in [0.15, 0.2) is 28.0 Å². The van der Waals surface area contributed by atoms with Gasteiger partial charge in [-0.25, -0.2) is 17.5 Å². The topological polar surface area (TPSA) is 119 Å². The molecule has 0 bridgehead atoms. The van der Waals surface area contributed by atoms with E-state index in [0.717, 1.165) is 21.1 Å². The number of nitrogens with one attached hydrogen (secondary N) is 1. The molecule has 0 aliphatic heterocycles. The van der Waals surface area contributed by atoms with Crippen molar-refractivity contribution in [2.45, 2.75) is 32.2 Å². The number of aromatic nitrogens is 2. The van der Waals surface area contributed by atoms with E-state index in [1.807, 2.05) is 0 Å². The van der Waals surface area contributed by atoms with Crippen molar-refractivity contribution < 1.29 is 22.7 Å². The molecule has 0 fully saturated rings. The highest BCUT2D eigenvalue weighted by atomic mass is 32.2. The molecule has 2 heterocycles. The van der Waals surface area contributed by atoms with E-state index in [4.69, 9.17) is 4.74 Å². The summed E-state index contributed by atoms with van der Waals surface area (Å²) in [4.78, 5) is 39.7. The smallest absolute Gasteiger partial charge is 0.340 e. The fourth-order valence-electron chi connectivity index (χ4n) is 2.77. The largest absolute Gasteiger partial charge is 0.462 e. The Balaban J connectivity index is 2.40. The van der Waals surface area contributed by atoms with Gasteiger partial charge in [0.1, 0.15) is 0 Å². The molecule has 10 heteroatoms. The molecule has 0 amide bonds. The van der Waals surface area contributed by atoms with Crippen molar-refractivity contribution in [1.82, 2.24) is 13.9 Å². The molecule has 0 aromatic carbocycles. The minimum Gasteiger partial charge on any atom is -0.462 e. The zero-order valence-electron chi connectivity index (χ0n) is 16.4. The van der Waals surface area contributed by atoms with Gasteiger partial charge >= 0.3 is 5.97 Å². The lowest BCUT2D eigenvalue weighted by Crippen LogP contribution is -2.27. The van der Waals surface area contributed by atoms with Gasteiger partial charge in [-0.3, -0.25) is 9.59 Å². The fourth-order valence-corrected chi connectivity index (χ4v) is 3.69. The number of sulfonamides is 1. The van der Waals surface area contributed by atoms with E-state index in [2.05, 4.69) is 4.98 Å². The fraction of sp³-hybridized carbons (Fsp3) is 0.389. The highest BCUT2D eigenvalue weighted by Crippen LogP contribution is 2.20. The summed E-state index contributed by atoms with van der Waals surface area (Å²) in [5.74, 6) is -0.998. The Morgan fingerprint density at radius 3 is 2.43 bits per heavy atom. The summed E-state index contributed by atoms with van der Waals surface area (Å²) in [6.45, 7) is 4.76. The lowest BCUT2D eigenvalue weighted by atomic mass is 10.1. The Labute approximate surface area is 163 Å². The molecule has 0 spiro atoms. The summed E-state index contributed by atoms with van der Waals surface area (Å²) in [5, 5.41) is 0. The SMILES string of the molecule is CCOC(=O)c1c(C)[nH]c(C(=O)Cn2cc(S(=O)(=O)N(C)C)ccc2=O)c1C. The van der Waals surface area contributed by atoms with E-state index in [1.54, 1.807) is 20.8 Å². The Hall–Kier alpha value is -2.72. The zero-order valence-corrected chi connectivity index (χ0v) is 17.2. The van der Waals surface area contributed by atoms with E-state index < -0.39 is 27.3 Å². The highest BCUT2D eigenvalue weighted by molar-refractivity contribution is 7.89. The van der Waals surface area contributed by atoms with E-state index in [1.165, 1.54) is 20.2 Å². The molecule has 0 atom stereocenters. The van der Waals surface area contributed by atoms with Crippen LogP contribution in [0.2, 0.25) is 0 Å². The van der Waals surface area contributed by atoms with Crippen LogP contribution < -0.4 is 5.56 Å². The first-order valence-corrected chi connectivity index (χ1v) is 9.97. The number of esters is 1. The second-order valence-electron chi connectivity index (χ2n) is 6.39. The standard InChI is InChI=1S/C18H23N3O6S/c1-6-27-18(24)16-11(2)17(19-12(16)3)14(22)10-21-9-13(7-8-15(21)23)28(25,26)20(4)5/h7-9,19H,6,10H2,1-5H3. The van der Waals surface area contributed by atoms with Gasteiger partial charge in [0.15, 0.2) is 5.78 Å². The first-order valence-electron chi connectivity index (χ1n) is 8.53. The van der Waals surface area contributed by atoms with Gasteiger partial charge in [0.25, 0.3) is 5.56 Å². The van der Waals surface area contributed by atoms with Gasteiger partial charge in [0, 0.05) is 32.1 Å². The van der Waals surface area contributed by atoms with Crippen molar-refractivity contribution >= 4 is 21.8 Å². The summed E-state index contributed by atoms with van der Waals surface area (Å²) >= 11 is 0. The third kappa shape index (κ3) is 4.07. The molecule has 0 aliphatic rings. The summed E-state index contributed by atoms with van der Waals surface area (Å²) in [6.07, 6.45) is 1.13. The van der Waals surface area contributed by atoms with Crippen LogP contribution in [0.5, 0.6) is 0 Å². The second-order valence-corrected chi connectivity index (χ2v) is 8.54. The average Bonchev–Trinajstić information content (AvgIpc) is 2.91. The van der Waals surface area contributed by atoms with Crippen molar-refractivity contribution in [3.8, 4) is 0 Å². The highest BCUT2D eigenvalue weighted by Gasteiger charge is 2.24. The van der Waals surface area contributed by atoms with Gasteiger partial charge in [0.2, 0.25) is 10.0 Å². The van der Waals surface area contributed by atoms with Crippen LogP contribution >= 0.6 is 0 Å². The van der Waals surface area contributed by atoms with E-state index in [9.17, 15) is 22.8 Å². The van der Waals surface area contributed by atoms with Crippen LogP contribution in [0.1, 0.15) is 39.0 Å². The number of rotatable bonds is 7. The molecule has 2 aromatic heterocycles. The molecule has 2 rings (SSSR count). The molecule has 9 nitrogen and oxygen atoms in total. The van der Waals surface area contributed by atoms with Gasteiger partial charge in [-0.15, -0.1) is 0 Å². The second kappa shape index (κ2) is 8.11. The van der Waals surface area contributed by atoms with Crippen molar-refractivity contribution in [3.05, 3.63) is 51.2 Å². The quantitative estimate of drug-likeness (QED) is 0.540. The number of ether oxygens (including phenoxy) is 1. The Bertz CT molecular complexity index is 1080. The molecule has 0 radical (unpaired) electrons. The number of Topliss-reactive ketones (excluding diaryl/α,β-unsaturated/α-hetero) is 1. The molecule has 28 heavy (non-hydrogen) atoms. The summed E-state index contributed by atoms with van der Waals surface area (Å²) in [7, 11) is -1.01. The average molecular weight is 409 g/mol. The number of ketones is 1. The van der Waals surface area contributed by atoms with E-state index in [0.29, 0.717) is 11.3 Å². The maximum absolute atomic E-state index is 12.7. The zero-order chi connectivity index (χ0) is 21.2.